The van der Waals surface area contributed by atoms with E-state index in [-0.39, 0.29) is 6.61 Å². The Bertz CT molecular complexity index is 147. The zero-order valence-electron chi connectivity index (χ0n) is 6.80. The number of aliphatic hydroxyl groups excluding tert-OH is 1. The van der Waals surface area contributed by atoms with Gasteiger partial charge in [-0.15, -0.1) is 0 Å². The molecule has 0 saturated heterocycles. The summed E-state index contributed by atoms with van der Waals surface area (Å²) in [5.74, 6) is 1.16. The van der Waals surface area contributed by atoms with E-state index in [1.807, 2.05) is 6.92 Å². The van der Waals surface area contributed by atoms with Crippen molar-refractivity contribution in [3.05, 3.63) is 0 Å². The van der Waals surface area contributed by atoms with Crippen molar-refractivity contribution in [2.45, 2.75) is 6.92 Å². The number of hydrogen-bond acceptors (Lipinski definition) is 4. The van der Waals surface area contributed by atoms with Crippen LogP contribution in [0.1, 0.15) is 6.92 Å². The Morgan fingerprint density at radius 1 is 1.82 bits per heavy atom. The summed E-state index contributed by atoms with van der Waals surface area (Å²) in [6, 6.07) is 0. The lowest BCUT2D eigenvalue weighted by molar-refractivity contribution is 0.238. The van der Waals surface area contributed by atoms with Crippen LogP contribution in [0.3, 0.4) is 0 Å². The molecule has 0 aliphatic carbocycles. The number of nitrogens with one attached hydrogen (secondary N) is 2. The van der Waals surface area contributed by atoms with Crippen molar-refractivity contribution in [2.75, 3.05) is 26.2 Å². The summed E-state index contributed by atoms with van der Waals surface area (Å²) in [6.45, 7) is 4.77. The van der Waals surface area contributed by atoms with Gasteiger partial charge in [0.1, 0.15) is 0 Å². The van der Waals surface area contributed by atoms with Gasteiger partial charge in [-0.1, -0.05) is 6.92 Å². The van der Waals surface area contributed by atoms with E-state index >= 15 is 0 Å². The fourth-order valence-electron chi connectivity index (χ4n) is 0.852. The molecule has 0 aromatic rings. The van der Waals surface area contributed by atoms with Gasteiger partial charge in [-0.2, -0.15) is 0 Å². The number of rotatable bonds is 3. The second kappa shape index (κ2) is 4.18. The molecule has 3 N–H and O–H groups in total. The lowest BCUT2D eigenvalue weighted by Gasteiger charge is -2.10. The summed E-state index contributed by atoms with van der Waals surface area (Å²) in [5, 5.41) is 14.9. The molecule has 0 spiro atoms. The van der Waals surface area contributed by atoms with Crippen molar-refractivity contribution in [2.24, 2.45) is 10.9 Å². The average Bonchev–Trinajstić information content (AvgIpc) is 2.52. The number of aliphatic imine (C=N–C) groups is 1. The molecule has 4 nitrogen and oxygen atoms in total. The van der Waals surface area contributed by atoms with Crippen LogP contribution in [0.5, 0.6) is 0 Å². The number of nitrogens with zero attached hydrogens (tertiary/aromatic N) is 1. The van der Waals surface area contributed by atoms with Crippen LogP contribution in [0.4, 0.5) is 0 Å². The van der Waals surface area contributed by atoms with E-state index in [0.717, 1.165) is 25.6 Å². The molecule has 1 heterocycles. The van der Waals surface area contributed by atoms with E-state index in [0.29, 0.717) is 5.92 Å². The molecular weight excluding hydrogens is 142 g/mol. The van der Waals surface area contributed by atoms with Crippen LogP contribution in [0.2, 0.25) is 0 Å². The first-order valence-corrected chi connectivity index (χ1v) is 3.96. The minimum absolute atomic E-state index is 0.223. The van der Waals surface area contributed by atoms with Crippen molar-refractivity contribution >= 4 is 5.96 Å². The molecule has 64 valence electrons. The van der Waals surface area contributed by atoms with Crippen molar-refractivity contribution in [1.82, 2.24) is 10.6 Å². The summed E-state index contributed by atoms with van der Waals surface area (Å²) in [5.41, 5.74) is 0. The Hall–Kier alpha value is -0.770. The van der Waals surface area contributed by atoms with E-state index in [1.165, 1.54) is 0 Å². The van der Waals surface area contributed by atoms with Crippen molar-refractivity contribution in [3.63, 3.8) is 0 Å². The lowest BCUT2D eigenvalue weighted by Crippen LogP contribution is -2.36. The highest BCUT2D eigenvalue weighted by Gasteiger charge is 2.05. The molecule has 0 radical (unpaired) electrons. The summed E-state index contributed by atoms with van der Waals surface area (Å²) in [6.07, 6.45) is 0. The quantitative estimate of drug-likeness (QED) is 0.501. The highest BCUT2D eigenvalue weighted by Crippen LogP contribution is 1.89. The Balaban J connectivity index is 2.11. The summed E-state index contributed by atoms with van der Waals surface area (Å²) in [4.78, 5) is 4.15. The predicted octanol–water partition coefficient (Wildman–Crippen LogP) is -0.836. The normalized spacial score (nSPS) is 18.9. The van der Waals surface area contributed by atoms with Crippen molar-refractivity contribution in [1.29, 1.82) is 0 Å². The fraction of sp³-hybridized carbons (Fsp3) is 0.857. The molecule has 0 aromatic heterocycles. The van der Waals surface area contributed by atoms with Crippen LogP contribution in [0, 0.1) is 5.92 Å². The van der Waals surface area contributed by atoms with Gasteiger partial charge < -0.3 is 15.7 Å². The van der Waals surface area contributed by atoms with Gasteiger partial charge in [0.2, 0.25) is 0 Å². The molecule has 4 heteroatoms. The van der Waals surface area contributed by atoms with Crippen LogP contribution in [-0.4, -0.2) is 37.3 Å². The molecule has 1 atom stereocenters. The maximum Gasteiger partial charge on any atom is 0.191 e. The van der Waals surface area contributed by atoms with Crippen LogP contribution >= 0.6 is 0 Å². The van der Waals surface area contributed by atoms with Gasteiger partial charge in [0.05, 0.1) is 6.54 Å². The molecule has 0 bridgehead atoms. The van der Waals surface area contributed by atoms with Gasteiger partial charge >= 0.3 is 0 Å². The standard InChI is InChI=1S/C7H15N3O/c1-6(5-11)4-10-7-8-2-3-9-7/h6,11H,2-5H2,1H3,(H2,8,9,10). The first-order chi connectivity index (χ1) is 5.33. The van der Waals surface area contributed by atoms with E-state index in [1.54, 1.807) is 0 Å². The van der Waals surface area contributed by atoms with E-state index < -0.39 is 0 Å². The maximum atomic E-state index is 8.71. The molecule has 0 amide bonds. The van der Waals surface area contributed by atoms with Gasteiger partial charge in [0, 0.05) is 19.7 Å². The minimum atomic E-state index is 0.223. The van der Waals surface area contributed by atoms with Gasteiger partial charge in [0.25, 0.3) is 0 Å². The topological polar surface area (TPSA) is 56.6 Å². The monoisotopic (exact) mass is 157 g/mol. The third kappa shape index (κ3) is 2.76. The zero-order valence-corrected chi connectivity index (χ0v) is 6.80. The SMILES string of the molecule is CC(CO)CNC1=NCCN1. The number of aliphatic hydroxyl groups is 1. The van der Waals surface area contributed by atoms with E-state index in [4.69, 9.17) is 5.11 Å². The maximum absolute atomic E-state index is 8.71. The van der Waals surface area contributed by atoms with Gasteiger partial charge in [0.15, 0.2) is 5.96 Å². The van der Waals surface area contributed by atoms with Gasteiger partial charge in [-0.25, -0.2) is 0 Å². The first-order valence-electron chi connectivity index (χ1n) is 3.96. The van der Waals surface area contributed by atoms with Crippen LogP contribution < -0.4 is 10.6 Å². The van der Waals surface area contributed by atoms with Crippen LogP contribution in [0.25, 0.3) is 0 Å². The Kier molecular flexibility index (Phi) is 3.16. The Morgan fingerprint density at radius 3 is 3.18 bits per heavy atom. The molecule has 0 saturated carbocycles. The summed E-state index contributed by atoms with van der Waals surface area (Å²) < 4.78 is 0. The molecule has 1 rings (SSSR count). The molecular formula is C7H15N3O. The van der Waals surface area contributed by atoms with Crippen molar-refractivity contribution < 1.29 is 5.11 Å². The third-order valence-corrected chi connectivity index (χ3v) is 1.60. The molecule has 0 fully saturated rings. The Labute approximate surface area is 66.7 Å². The Morgan fingerprint density at radius 2 is 2.64 bits per heavy atom. The first kappa shape index (κ1) is 8.33. The van der Waals surface area contributed by atoms with Crippen molar-refractivity contribution in [3.8, 4) is 0 Å². The minimum Gasteiger partial charge on any atom is -0.396 e. The van der Waals surface area contributed by atoms with Crippen LogP contribution in [-0.2, 0) is 0 Å². The smallest absolute Gasteiger partial charge is 0.191 e. The van der Waals surface area contributed by atoms with E-state index in [2.05, 4.69) is 15.6 Å². The average molecular weight is 157 g/mol. The second-order valence-electron chi connectivity index (χ2n) is 2.83. The molecule has 1 aliphatic rings. The van der Waals surface area contributed by atoms with Gasteiger partial charge in [-0.3, -0.25) is 4.99 Å². The van der Waals surface area contributed by atoms with Gasteiger partial charge in [-0.05, 0) is 5.92 Å². The number of guanidine groups is 1. The predicted molar refractivity (Wildman–Crippen MR) is 44.6 cm³/mol. The van der Waals surface area contributed by atoms with Crippen LogP contribution in [0.15, 0.2) is 4.99 Å². The second-order valence-corrected chi connectivity index (χ2v) is 2.83. The summed E-state index contributed by atoms with van der Waals surface area (Å²) >= 11 is 0. The molecule has 0 aromatic carbocycles. The summed E-state index contributed by atoms with van der Waals surface area (Å²) in [7, 11) is 0. The molecule has 11 heavy (non-hydrogen) atoms. The molecule has 1 unspecified atom stereocenters. The lowest BCUT2D eigenvalue weighted by atomic mass is 10.2. The fourth-order valence-corrected chi connectivity index (χ4v) is 0.852. The van der Waals surface area contributed by atoms with E-state index in [9.17, 15) is 0 Å². The highest BCUT2D eigenvalue weighted by molar-refractivity contribution is 5.81. The number of hydrogen-bond donors (Lipinski definition) is 3. The zero-order chi connectivity index (χ0) is 8.10. The third-order valence-electron chi connectivity index (χ3n) is 1.60. The highest BCUT2D eigenvalue weighted by atomic mass is 16.3. The largest absolute Gasteiger partial charge is 0.396 e. The molecule has 1 aliphatic heterocycles.